The fourth-order valence-electron chi connectivity index (χ4n) is 2.99. The van der Waals surface area contributed by atoms with Crippen molar-refractivity contribution in [2.24, 2.45) is 5.92 Å². The number of carbonyl (C=O) groups excluding carboxylic acids is 1. The van der Waals surface area contributed by atoms with E-state index < -0.39 is 0 Å². The van der Waals surface area contributed by atoms with Crippen LogP contribution < -0.4 is 5.32 Å². The lowest BCUT2D eigenvalue weighted by Crippen LogP contribution is -2.44. The number of halogens is 1. The molecule has 1 aromatic carbocycles. The van der Waals surface area contributed by atoms with Gasteiger partial charge in [-0.3, -0.25) is 4.79 Å². The van der Waals surface area contributed by atoms with Gasteiger partial charge in [-0.1, -0.05) is 41.9 Å². The Morgan fingerprint density at radius 1 is 1.38 bits per heavy atom. The van der Waals surface area contributed by atoms with E-state index in [1.54, 1.807) is 0 Å². The average molecular weight is 398 g/mol. The Hall–Kier alpha value is -0.910. The lowest BCUT2D eigenvalue weighted by Gasteiger charge is -2.38. The van der Waals surface area contributed by atoms with E-state index in [-0.39, 0.29) is 11.3 Å². The molecule has 0 aliphatic carbocycles. The van der Waals surface area contributed by atoms with Crippen LogP contribution >= 0.6 is 15.9 Å². The summed E-state index contributed by atoms with van der Waals surface area (Å²) in [5, 5.41) is 3.11. The van der Waals surface area contributed by atoms with Crippen molar-refractivity contribution in [1.82, 2.24) is 5.32 Å². The number of hydrogen-bond donors (Lipinski definition) is 1. The van der Waals surface area contributed by atoms with Gasteiger partial charge in [0.15, 0.2) is 0 Å². The molecule has 1 amide bonds. The monoisotopic (exact) mass is 397 g/mol. The molecule has 0 saturated carbocycles. The summed E-state index contributed by atoms with van der Waals surface area (Å²) < 4.78 is 12.1. The second kappa shape index (κ2) is 9.54. The van der Waals surface area contributed by atoms with Crippen molar-refractivity contribution >= 4 is 21.8 Å². The van der Waals surface area contributed by atoms with Gasteiger partial charge < -0.3 is 14.8 Å². The van der Waals surface area contributed by atoms with Gasteiger partial charge in [-0.25, -0.2) is 0 Å². The highest BCUT2D eigenvalue weighted by Crippen LogP contribution is 2.35. The number of hydrogen-bond acceptors (Lipinski definition) is 3. The van der Waals surface area contributed by atoms with Crippen molar-refractivity contribution in [3.63, 3.8) is 0 Å². The van der Waals surface area contributed by atoms with Gasteiger partial charge in [0.05, 0.1) is 6.61 Å². The SMILES string of the molecule is CC(C)COCCC(=O)NCC1(c2cccc(Br)c2)CCOCC1. The Bertz CT molecular complexity index is 527. The van der Waals surface area contributed by atoms with Crippen LogP contribution in [0.25, 0.3) is 0 Å². The summed E-state index contributed by atoms with van der Waals surface area (Å²) in [6, 6.07) is 8.39. The number of nitrogens with one attached hydrogen (secondary N) is 1. The molecule has 1 N–H and O–H groups in total. The average Bonchev–Trinajstić information content (AvgIpc) is 2.57. The third kappa shape index (κ3) is 5.87. The first-order valence-electron chi connectivity index (χ1n) is 8.70. The molecule has 4 nitrogen and oxygen atoms in total. The van der Waals surface area contributed by atoms with E-state index in [4.69, 9.17) is 9.47 Å². The molecule has 0 radical (unpaired) electrons. The first kappa shape index (κ1) is 19.4. The van der Waals surface area contributed by atoms with Crippen LogP contribution in [0.15, 0.2) is 28.7 Å². The summed E-state index contributed by atoms with van der Waals surface area (Å²) in [7, 11) is 0. The molecule has 0 unspecified atom stereocenters. The molecule has 1 saturated heterocycles. The van der Waals surface area contributed by atoms with Crippen molar-refractivity contribution in [2.75, 3.05) is 33.0 Å². The minimum absolute atomic E-state index is 0.0452. The summed E-state index contributed by atoms with van der Waals surface area (Å²) >= 11 is 3.55. The molecule has 0 atom stereocenters. The Morgan fingerprint density at radius 3 is 2.79 bits per heavy atom. The van der Waals surface area contributed by atoms with Crippen molar-refractivity contribution in [3.05, 3.63) is 34.3 Å². The smallest absolute Gasteiger partial charge is 0.222 e. The summed E-state index contributed by atoms with van der Waals surface area (Å²) in [5.74, 6) is 0.551. The topological polar surface area (TPSA) is 47.6 Å². The number of carbonyl (C=O) groups is 1. The summed E-state index contributed by atoms with van der Waals surface area (Å²) in [4.78, 5) is 12.1. The molecule has 0 spiro atoms. The van der Waals surface area contributed by atoms with Crippen LogP contribution in [0.4, 0.5) is 0 Å². The predicted molar refractivity (Wildman–Crippen MR) is 99.2 cm³/mol. The molecule has 134 valence electrons. The third-order valence-electron chi connectivity index (χ3n) is 4.44. The number of rotatable bonds is 8. The molecule has 1 aliphatic rings. The highest BCUT2D eigenvalue weighted by atomic mass is 79.9. The van der Waals surface area contributed by atoms with Gasteiger partial charge in [0, 0.05) is 42.7 Å². The maximum Gasteiger partial charge on any atom is 0.222 e. The van der Waals surface area contributed by atoms with Gasteiger partial charge in [0.25, 0.3) is 0 Å². The molecule has 1 aromatic rings. The van der Waals surface area contributed by atoms with Crippen LogP contribution in [0.3, 0.4) is 0 Å². The van der Waals surface area contributed by atoms with E-state index >= 15 is 0 Å². The molecule has 1 aliphatic heterocycles. The highest BCUT2D eigenvalue weighted by Gasteiger charge is 2.34. The zero-order chi connectivity index (χ0) is 17.4. The fourth-order valence-corrected chi connectivity index (χ4v) is 3.39. The quantitative estimate of drug-likeness (QED) is 0.680. The number of amides is 1. The molecule has 0 bridgehead atoms. The molecule has 1 heterocycles. The van der Waals surface area contributed by atoms with Crippen LogP contribution in [0.2, 0.25) is 0 Å². The van der Waals surface area contributed by atoms with Crippen molar-refractivity contribution in [3.8, 4) is 0 Å². The maximum atomic E-state index is 12.1. The molecule has 2 rings (SSSR count). The van der Waals surface area contributed by atoms with E-state index in [0.717, 1.165) is 30.5 Å². The van der Waals surface area contributed by atoms with Crippen LogP contribution in [0, 0.1) is 5.92 Å². The van der Waals surface area contributed by atoms with Gasteiger partial charge in [-0.05, 0) is 36.5 Å². The normalized spacial score (nSPS) is 17.0. The summed E-state index contributed by atoms with van der Waals surface area (Å²) in [5.41, 5.74) is 1.22. The second-order valence-electron chi connectivity index (χ2n) is 6.90. The Kier molecular flexibility index (Phi) is 7.72. The second-order valence-corrected chi connectivity index (χ2v) is 7.81. The van der Waals surface area contributed by atoms with Crippen molar-refractivity contribution in [1.29, 1.82) is 0 Å². The van der Waals surface area contributed by atoms with Crippen molar-refractivity contribution in [2.45, 2.75) is 38.5 Å². The predicted octanol–water partition coefficient (Wildman–Crippen LogP) is 3.68. The van der Waals surface area contributed by atoms with Crippen LogP contribution in [0.5, 0.6) is 0 Å². The molecular formula is C19H28BrNO3. The largest absolute Gasteiger partial charge is 0.381 e. The molecule has 24 heavy (non-hydrogen) atoms. The standard InChI is InChI=1S/C19H28BrNO3/c1-15(2)13-24-9-6-18(22)21-14-19(7-10-23-11-8-19)16-4-3-5-17(20)12-16/h3-5,12,15H,6-11,13-14H2,1-2H3,(H,21,22). The minimum Gasteiger partial charge on any atom is -0.381 e. The first-order chi connectivity index (χ1) is 11.5. The molecule has 5 heteroatoms. The van der Waals surface area contributed by atoms with Gasteiger partial charge in [0.1, 0.15) is 0 Å². The van der Waals surface area contributed by atoms with E-state index in [1.807, 2.05) is 6.07 Å². The minimum atomic E-state index is -0.0452. The zero-order valence-corrected chi connectivity index (χ0v) is 16.2. The molecular weight excluding hydrogens is 370 g/mol. The zero-order valence-electron chi connectivity index (χ0n) is 14.6. The van der Waals surface area contributed by atoms with E-state index in [9.17, 15) is 4.79 Å². The fraction of sp³-hybridized carbons (Fsp3) is 0.632. The lowest BCUT2D eigenvalue weighted by molar-refractivity contribution is -0.122. The Labute approximate surface area is 153 Å². The van der Waals surface area contributed by atoms with Crippen LogP contribution in [0.1, 0.15) is 38.7 Å². The van der Waals surface area contributed by atoms with Crippen LogP contribution in [-0.2, 0) is 19.7 Å². The third-order valence-corrected chi connectivity index (χ3v) is 4.93. The first-order valence-corrected chi connectivity index (χ1v) is 9.49. The number of ether oxygens (including phenoxy) is 2. The number of benzene rings is 1. The molecule has 1 fully saturated rings. The Morgan fingerprint density at radius 2 is 2.12 bits per heavy atom. The molecule has 0 aromatic heterocycles. The lowest BCUT2D eigenvalue weighted by atomic mass is 9.74. The van der Waals surface area contributed by atoms with E-state index in [1.165, 1.54) is 5.56 Å². The van der Waals surface area contributed by atoms with Gasteiger partial charge in [-0.2, -0.15) is 0 Å². The van der Waals surface area contributed by atoms with Gasteiger partial charge in [-0.15, -0.1) is 0 Å². The van der Waals surface area contributed by atoms with Gasteiger partial charge >= 0.3 is 0 Å². The van der Waals surface area contributed by atoms with Crippen LogP contribution in [-0.4, -0.2) is 38.9 Å². The summed E-state index contributed by atoms with van der Waals surface area (Å²) in [6.45, 7) is 7.51. The maximum absolute atomic E-state index is 12.1. The van der Waals surface area contributed by atoms with Crippen molar-refractivity contribution < 1.29 is 14.3 Å². The van der Waals surface area contributed by atoms with Gasteiger partial charge in [0.2, 0.25) is 5.91 Å². The summed E-state index contributed by atoms with van der Waals surface area (Å²) in [6.07, 6.45) is 2.26. The Balaban J connectivity index is 1.91. The highest BCUT2D eigenvalue weighted by molar-refractivity contribution is 9.10. The van der Waals surface area contributed by atoms with E-state index in [0.29, 0.717) is 32.1 Å². The van der Waals surface area contributed by atoms with E-state index in [2.05, 4.69) is 53.3 Å².